The Bertz CT molecular complexity index is 629. The van der Waals surface area contributed by atoms with E-state index in [-0.39, 0.29) is 0 Å². The fourth-order valence-electron chi connectivity index (χ4n) is 1.86. The Balaban J connectivity index is 2.16. The molecule has 2 aromatic rings. The average Bonchev–Trinajstić information content (AvgIpc) is 2.46. The van der Waals surface area contributed by atoms with E-state index < -0.39 is 6.10 Å². The molecule has 0 saturated heterocycles. The van der Waals surface area contributed by atoms with E-state index in [0.717, 1.165) is 15.6 Å². The molecule has 0 aromatic heterocycles. The van der Waals surface area contributed by atoms with E-state index in [4.69, 9.17) is 21.1 Å². The fourth-order valence-corrected chi connectivity index (χ4v) is 2.59. The fraction of sp³-hybridized carbons (Fsp3) is 0.250. The highest BCUT2D eigenvalue weighted by atomic mass is 79.9. The predicted molar refractivity (Wildman–Crippen MR) is 87.1 cm³/mol. The molecule has 0 fully saturated rings. The van der Waals surface area contributed by atoms with Crippen molar-refractivity contribution in [1.29, 1.82) is 0 Å². The Hall–Kier alpha value is -1.23. The van der Waals surface area contributed by atoms with Crippen LogP contribution in [0.15, 0.2) is 40.9 Å². The maximum absolute atomic E-state index is 9.59. The van der Waals surface area contributed by atoms with Crippen LogP contribution in [0.25, 0.3) is 0 Å². The average molecular weight is 372 g/mol. The molecule has 5 heteroatoms. The molecule has 0 aliphatic heterocycles. The quantitative estimate of drug-likeness (QED) is 0.825. The molecule has 1 atom stereocenters. The Morgan fingerprint density at radius 1 is 1.19 bits per heavy atom. The molecular formula is C16H16BrClO3. The smallest absolute Gasteiger partial charge is 0.161 e. The van der Waals surface area contributed by atoms with Gasteiger partial charge in [-0.05, 0) is 36.8 Å². The van der Waals surface area contributed by atoms with E-state index in [0.29, 0.717) is 23.1 Å². The highest BCUT2D eigenvalue weighted by Gasteiger charge is 2.10. The van der Waals surface area contributed by atoms with E-state index in [2.05, 4.69) is 15.9 Å². The molecule has 0 spiro atoms. The van der Waals surface area contributed by atoms with Gasteiger partial charge in [0.1, 0.15) is 6.61 Å². The SMILES string of the molecule is COc1cc([C@H](C)O)ccc1OCc1ccc(Br)cc1Cl. The van der Waals surface area contributed by atoms with E-state index in [1.54, 1.807) is 26.2 Å². The van der Waals surface area contributed by atoms with Gasteiger partial charge in [0.25, 0.3) is 0 Å². The minimum Gasteiger partial charge on any atom is -0.493 e. The first-order valence-electron chi connectivity index (χ1n) is 6.44. The molecular weight excluding hydrogens is 356 g/mol. The summed E-state index contributed by atoms with van der Waals surface area (Å²) in [7, 11) is 1.57. The summed E-state index contributed by atoms with van der Waals surface area (Å²) in [5.74, 6) is 1.20. The third-order valence-electron chi connectivity index (χ3n) is 3.07. The lowest BCUT2D eigenvalue weighted by atomic mass is 10.1. The Labute approximate surface area is 137 Å². The van der Waals surface area contributed by atoms with Gasteiger partial charge in [-0.2, -0.15) is 0 Å². The molecule has 21 heavy (non-hydrogen) atoms. The van der Waals surface area contributed by atoms with Crippen molar-refractivity contribution in [1.82, 2.24) is 0 Å². The summed E-state index contributed by atoms with van der Waals surface area (Å²) in [4.78, 5) is 0. The summed E-state index contributed by atoms with van der Waals surface area (Å²) in [5.41, 5.74) is 1.67. The molecule has 0 radical (unpaired) electrons. The second-order valence-corrected chi connectivity index (χ2v) is 5.93. The number of aliphatic hydroxyl groups is 1. The maximum Gasteiger partial charge on any atom is 0.161 e. The molecule has 0 amide bonds. The van der Waals surface area contributed by atoms with E-state index in [9.17, 15) is 5.11 Å². The van der Waals surface area contributed by atoms with Crippen molar-refractivity contribution in [3.63, 3.8) is 0 Å². The topological polar surface area (TPSA) is 38.7 Å². The molecule has 0 bridgehead atoms. The van der Waals surface area contributed by atoms with Gasteiger partial charge in [0.2, 0.25) is 0 Å². The zero-order chi connectivity index (χ0) is 15.4. The van der Waals surface area contributed by atoms with Crippen molar-refractivity contribution >= 4 is 27.5 Å². The van der Waals surface area contributed by atoms with Crippen LogP contribution in [0.2, 0.25) is 5.02 Å². The second-order valence-electron chi connectivity index (χ2n) is 4.61. The van der Waals surface area contributed by atoms with Gasteiger partial charge in [0.05, 0.1) is 13.2 Å². The van der Waals surface area contributed by atoms with Crippen LogP contribution < -0.4 is 9.47 Å². The molecule has 0 heterocycles. The highest BCUT2D eigenvalue weighted by Crippen LogP contribution is 2.31. The van der Waals surface area contributed by atoms with Crippen LogP contribution in [0.4, 0.5) is 0 Å². The van der Waals surface area contributed by atoms with Crippen molar-refractivity contribution < 1.29 is 14.6 Å². The van der Waals surface area contributed by atoms with Gasteiger partial charge in [0, 0.05) is 15.1 Å². The standard InChI is InChI=1S/C16H16BrClO3/c1-10(19)11-4-6-15(16(7-11)20-2)21-9-12-3-5-13(17)8-14(12)18/h3-8,10,19H,9H2,1-2H3/t10-/m0/s1. The third kappa shape index (κ3) is 4.13. The number of rotatable bonds is 5. The largest absolute Gasteiger partial charge is 0.493 e. The van der Waals surface area contributed by atoms with Gasteiger partial charge in [-0.3, -0.25) is 0 Å². The Morgan fingerprint density at radius 3 is 2.57 bits per heavy atom. The lowest BCUT2D eigenvalue weighted by molar-refractivity contribution is 0.198. The molecule has 0 unspecified atom stereocenters. The van der Waals surface area contributed by atoms with Crippen LogP contribution in [-0.2, 0) is 6.61 Å². The lowest BCUT2D eigenvalue weighted by Gasteiger charge is -2.14. The number of hydrogen-bond donors (Lipinski definition) is 1. The molecule has 0 aliphatic rings. The van der Waals surface area contributed by atoms with E-state index >= 15 is 0 Å². The number of methoxy groups -OCH3 is 1. The second kappa shape index (κ2) is 7.16. The summed E-state index contributed by atoms with van der Waals surface area (Å²) >= 11 is 9.53. The number of hydrogen-bond acceptors (Lipinski definition) is 3. The van der Waals surface area contributed by atoms with Gasteiger partial charge in [-0.1, -0.05) is 39.7 Å². The van der Waals surface area contributed by atoms with Gasteiger partial charge < -0.3 is 14.6 Å². The minimum atomic E-state index is -0.547. The molecule has 2 rings (SSSR count). The van der Waals surface area contributed by atoms with Gasteiger partial charge in [0.15, 0.2) is 11.5 Å². The van der Waals surface area contributed by atoms with Crippen molar-refractivity contribution in [2.75, 3.05) is 7.11 Å². The summed E-state index contributed by atoms with van der Waals surface area (Å²) in [6.45, 7) is 2.05. The summed E-state index contributed by atoms with van der Waals surface area (Å²) < 4.78 is 12.0. The van der Waals surface area contributed by atoms with Crippen LogP contribution >= 0.6 is 27.5 Å². The lowest BCUT2D eigenvalue weighted by Crippen LogP contribution is -2.00. The van der Waals surface area contributed by atoms with Crippen LogP contribution in [0.1, 0.15) is 24.2 Å². The summed E-state index contributed by atoms with van der Waals surface area (Å²) in [6, 6.07) is 11.0. The molecule has 0 saturated carbocycles. The van der Waals surface area contributed by atoms with Crippen molar-refractivity contribution in [3.05, 3.63) is 57.0 Å². The van der Waals surface area contributed by atoms with Crippen molar-refractivity contribution in [2.24, 2.45) is 0 Å². The van der Waals surface area contributed by atoms with Crippen LogP contribution in [0.3, 0.4) is 0 Å². The molecule has 112 valence electrons. The number of benzene rings is 2. The molecule has 3 nitrogen and oxygen atoms in total. The Morgan fingerprint density at radius 2 is 1.95 bits per heavy atom. The minimum absolute atomic E-state index is 0.344. The van der Waals surface area contributed by atoms with Crippen molar-refractivity contribution in [3.8, 4) is 11.5 Å². The number of halogens is 2. The van der Waals surface area contributed by atoms with Gasteiger partial charge in [-0.15, -0.1) is 0 Å². The monoisotopic (exact) mass is 370 g/mol. The Kier molecular flexibility index (Phi) is 5.51. The normalized spacial score (nSPS) is 12.0. The first kappa shape index (κ1) is 16.1. The maximum atomic E-state index is 9.59. The van der Waals surface area contributed by atoms with Crippen LogP contribution in [0.5, 0.6) is 11.5 Å². The zero-order valence-electron chi connectivity index (χ0n) is 11.8. The first-order valence-corrected chi connectivity index (χ1v) is 7.61. The van der Waals surface area contributed by atoms with Gasteiger partial charge >= 0.3 is 0 Å². The van der Waals surface area contributed by atoms with E-state index in [1.165, 1.54) is 0 Å². The zero-order valence-corrected chi connectivity index (χ0v) is 14.1. The van der Waals surface area contributed by atoms with Gasteiger partial charge in [-0.25, -0.2) is 0 Å². The molecule has 1 N–H and O–H groups in total. The predicted octanol–water partition coefficient (Wildman–Crippen LogP) is 4.74. The summed E-state index contributed by atoms with van der Waals surface area (Å²) in [6.07, 6.45) is -0.547. The molecule has 0 aliphatic carbocycles. The number of ether oxygens (including phenoxy) is 2. The number of aliphatic hydroxyl groups excluding tert-OH is 1. The first-order chi connectivity index (χ1) is 10.0. The van der Waals surface area contributed by atoms with Crippen molar-refractivity contribution in [2.45, 2.75) is 19.6 Å². The van der Waals surface area contributed by atoms with Crippen LogP contribution in [0, 0.1) is 0 Å². The van der Waals surface area contributed by atoms with E-state index in [1.807, 2.05) is 24.3 Å². The third-order valence-corrected chi connectivity index (χ3v) is 3.91. The highest BCUT2D eigenvalue weighted by molar-refractivity contribution is 9.10. The van der Waals surface area contributed by atoms with Crippen LogP contribution in [-0.4, -0.2) is 12.2 Å². The summed E-state index contributed by atoms with van der Waals surface area (Å²) in [5, 5.41) is 10.2. The molecule has 2 aromatic carbocycles.